The number of rotatable bonds is 9. The van der Waals surface area contributed by atoms with E-state index in [0.717, 1.165) is 31.2 Å². The van der Waals surface area contributed by atoms with Crippen LogP contribution < -0.4 is 14.2 Å². The second-order valence-electron chi connectivity index (χ2n) is 8.85. The molecule has 0 radical (unpaired) electrons. The average molecular weight is 485 g/mol. The maximum absolute atomic E-state index is 14.8. The predicted octanol–water partition coefficient (Wildman–Crippen LogP) is 7.92. The molecule has 3 nitrogen and oxygen atoms in total. The highest BCUT2D eigenvalue weighted by molar-refractivity contribution is 5.66. The summed E-state index contributed by atoms with van der Waals surface area (Å²) in [5.41, 5.74) is 1.73. The Bertz CT molecular complexity index is 1120. The van der Waals surface area contributed by atoms with E-state index in [4.69, 9.17) is 14.2 Å². The lowest BCUT2D eigenvalue weighted by Crippen LogP contribution is -2.19. The Balaban J connectivity index is 1.33. The van der Waals surface area contributed by atoms with Gasteiger partial charge in [0.15, 0.2) is 23.1 Å². The van der Waals surface area contributed by atoms with Crippen molar-refractivity contribution in [3.63, 3.8) is 0 Å². The first-order chi connectivity index (χ1) is 17.0. The number of hydrogen-bond acceptors (Lipinski definition) is 3. The number of halogens is 3. The molecule has 0 heterocycles. The van der Waals surface area contributed by atoms with Gasteiger partial charge < -0.3 is 14.2 Å². The fourth-order valence-electron chi connectivity index (χ4n) is 4.68. The van der Waals surface area contributed by atoms with E-state index in [0.29, 0.717) is 31.1 Å². The molecule has 1 aliphatic rings. The topological polar surface area (TPSA) is 27.7 Å². The molecule has 186 valence electrons. The lowest BCUT2D eigenvalue weighted by Gasteiger charge is -2.29. The molecule has 1 fully saturated rings. The van der Waals surface area contributed by atoms with Crippen molar-refractivity contribution >= 4 is 0 Å². The first-order valence-corrected chi connectivity index (χ1v) is 12.3. The van der Waals surface area contributed by atoms with Gasteiger partial charge >= 0.3 is 0 Å². The number of ether oxygens (including phenoxy) is 3. The van der Waals surface area contributed by atoms with E-state index in [2.05, 4.69) is 0 Å². The second-order valence-corrected chi connectivity index (χ2v) is 8.85. The summed E-state index contributed by atoms with van der Waals surface area (Å²) >= 11 is 0. The molecule has 6 heteroatoms. The third-order valence-electron chi connectivity index (χ3n) is 6.57. The molecule has 0 atom stereocenters. The molecule has 0 N–H and O–H groups in total. The Morgan fingerprint density at radius 3 is 2.06 bits per heavy atom. The number of hydrogen-bond donors (Lipinski definition) is 0. The molecule has 3 aromatic rings. The molecule has 3 aromatic carbocycles. The lowest BCUT2D eigenvalue weighted by atomic mass is 9.79. The van der Waals surface area contributed by atoms with Crippen molar-refractivity contribution in [2.45, 2.75) is 45.4 Å². The first-order valence-electron chi connectivity index (χ1n) is 12.3. The van der Waals surface area contributed by atoms with Gasteiger partial charge in [-0.1, -0.05) is 18.2 Å². The van der Waals surface area contributed by atoms with Crippen LogP contribution in [0.15, 0.2) is 54.6 Å². The van der Waals surface area contributed by atoms with Crippen molar-refractivity contribution in [2.24, 2.45) is 5.92 Å². The van der Waals surface area contributed by atoms with Gasteiger partial charge in [0.2, 0.25) is 5.82 Å². The molecule has 0 bridgehead atoms. The van der Waals surface area contributed by atoms with Crippen molar-refractivity contribution in [2.75, 3.05) is 19.8 Å². The van der Waals surface area contributed by atoms with Crippen LogP contribution in [0, 0.1) is 23.4 Å². The molecule has 0 saturated heterocycles. The van der Waals surface area contributed by atoms with E-state index in [1.807, 2.05) is 19.9 Å². The summed E-state index contributed by atoms with van der Waals surface area (Å²) < 4.78 is 60.1. The average Bonchev–Trinajstić information content (AvgIpc) is 2.87. The molecule has 1 saturated carbocycles. The molecule has 35 heavy (non-hydrogen) atoms. The Kier molecular flexibility index (Phi) is 8.21. The van der Waals surface area contributed by atoms with E-state index in [1.165, 1.54) is 6.07 Å². The minimum Gasteiger partial charge on any atom is -0.494 e. The highest BCUT2D eigenvalue weighted by Gasteiger charge is 2.24. The van der Waals surface area contributed by atoms with Crippen LogP contribution in [0.25, 0.3) is 11.1 Å². The van der Waals surface area contributed by atoms with Gasteiger partial charge in [0, 0.05) is 5.56 Å². The maximum Gasteiger partial charge on any atom is 0.201 e. The summed E-state index contributed by atoms with van der Waals surface area (Å²) in [7, 11) is 0. The monoisotopic (exact) mass is 484 g/mol. The third-order valence-corrected chi connectivity index (χ3v) is 6.57. The largest absolute Gasteiger partial charge is 0.494 e. The second kappa shape index (κ2) is 11.5. The summed E-state index contributed by atoms with van der Waals surface area (Å²) in [5, 5.41) is 0. The van der Waals surface area contributed by atoms with Crippen LogP contribution in [0.1, 0.15) is 51.0 Å². The minimum atomic E-state index is -0.977. The van der Waals surface area contributed by atoms with Crippen molar-refractivity contribution in [3.05, 3.63) is 77.6 Å². The molecule has 0 aromatic heterocycles. The van der Waals surface area contributed by atoms with Gasteiger partial charge in [0.05, 0.1) is 19.8 Å². The van der Waals surface area contributed by atoms with Crippen LogP contribution in [-0.2, 0) is 0 Å². The van der Waals surface area contributed by atoms with Crippen LogP contribution in [0.4, 0.5) is 13.2 Å². The normalized spacial score (nSPS) is 17.7. The Morgan fingerprint density at radius 2 is 1.40 bits per heavy atom. The zero-order chi connectivity index (χ0) is 24.8. The summed E-state index contributed by atoms with van der Waals surface area (Å²) in [6.45, 7) is 5.00. The lowest BCUT2D eigenvalue weighted by molar-refractivity contribution is 0.192. The van der Waals surface area contributed by atoms with E-state index in [9.17, 15) is 13.2 Å². The van der Waals surface area contributed by atoms with E-state index < -0.39 is 11.6 Å². The van der Waals surface area contributed by atoms with Gasteiger partial charge in [-0.3, -0.25) is 0 Å². The van der Waals surface area contributed by atoms with Gasteiger partial charge in [-0.25, -0.2) is 8.78 Å². The highest BCUT2D eigenvalue weighted by atomic mass is 19.2. The minimum absolute atomic E-state index is 0.0760. The van der Waals surface area contributed by atoms with Crippen molar-refractivity contribution in [1.82, 2.24) is 0 Å². The molecule has 0 spiro atoms. The van der Waals surface area contributed by atoms with E-state index in [1.54, 1.807) is 42.5 Å². The maximum atomic E-state index is 14.8. The molecule has 0 aliphatic heterocycles. The molecule has 4 rings (SSSR count). The van der Waals surface area contributed by atoms with Gasteiger partial charge in [-0.15, -0.1) is 0 Å². The standard InChI is InChI=1S/C29H31F3O3/c1-3-33-23-12-9-21(10-13-23)24-14-16-27(29(32)28(24)31)35-18-19-5-7-20(8-6-19)22-11-15-26(34-4-2)25(30)17-22/h9-17,19-20H,3-8,18H2,1-2H3. The molecular formula is C29H31F3O3. The van der Waals surface area contributed by atoms with Gasteiger partial charge in [-0.05, 0) is 98.9 Å². The Labute approximate surface area is 204 Å². The van der Waals surface area contributed by atoms with Crippen LogP contribution in [0.5, 0.6) is 17.2 Å². The van der Waals surface area contributed by atoms with E-state index >= 15 is 0 Å². The van der Waals surface area contributed by atoms with Crippen molar-refractivity contribution in [1.29, 1.82) is 0 Å². The third kappa shape index (κ3) is 5.92. The van der Waals surface area contributed by atoms with Crippen LogP contribution in [0.2, 0.25) is 0 Å². The van der Waals surface area contributed by atoms with Crippen LogP contribution in [0.3, 0.4) is 0 Å². The summed E-state index contributed by atoms with van der Waals surface area (Å²) in [6.07, 6.45) is 3.56. The van der Waals surface area contributed by atoms with Crippen LogP contribution >= 0.6 is 0 Å². The van der Waals surface area contributed by atoms with Gasteiger partial charge in [-0.2, -0.15) is 4.39 Å². The SMILES string of the molecule is CCOc1ccc(-c2ccc(OCC3CCC(c4ccc(OCC)c(F)c4)CC3)c(F)c2F)cc1. The highest BCUT2D eigenvalue weighted by Crippen LogP contribution is 2.38. The first kappa shape index (κ1) is 25.0. The number of benzene rings is 3. The Hall–Kier alpha value is -3.15. The smallest absolute Gasteiger partial charge is 0.201 e. The zero-order valence-electron chi connectivity index (χ0n) is 20.2. The van der Waals surface area contributed by atoms with Crippen LogP contribution in [-0.4, -0.2) is 19.8 Å². The van der Waals surface area contributed by atoms with Gasteiger partial charge in [0.25, 0.3) is 0 Å². The zero-order valence-corrected chi connectivity index (χ0v) is 20.2. The van der Waals surface area contributed by atoms with E-state index in [-0.39, 0.29) is 34.7 Å². The fourth-order valence-corrected chi connectivity index (χ4v) is 4.68. The fraction of sp³-hybridized carbons (Fsp3) is 0.379. The molecule has 0 amide bonds. The molecule has 1 aliphatic carbocycles. The quantitative estimate of drug-likeness (QED) is 0.309. The van der Waals surface area contributed by atoms with Crippen molar-refractivity contribution in [3.8, 4) is 28.4 Å². The summed E-state index contributed by atoms with van der Waals surface area (Å²) in [6, 6.07) is 15.1. The molecule has 0 unspecified atom stereocenters. The van der Waals surface area contributed by atoms with Gasteiger partial charge in [0.1, 0.15) is 5.75 Å². The van der Waals surface area contributed by atoms with Crippen molar-refractivity contribution < 1.29 is 27.4 Å². The Morgan fingerprint density at radius 1 is 0.714 bits per heavy atom. The summed E-state index contributed by atoms with van der Waals surface area (Å²) in [4.78, 5) is 0. The predicted molar refractivity (Wildman–Crippen MR) is 131 cm³/mol. The summed E-state index contributed by atoms with van der Waals surface area (Å²) in [5.74, 6) is -0.830. The molecular weight excluding hydrogens is 453 g/mol.